The molecule has 2 rings (SSSR count). The van der Waals surface area contributed by atoms with Crippen molar-refractivity contribution >= 4 is 32.0 Å². The quantitative estimate of drug-likeness (QED) is 0.541. The Morgan fingerprint density at radius 1 is 1.57 bits per heavy atom. The maximum Gasteiger partial charge on any atom is 0.304 e. The highest BCUT2D eigenvalue weighted by Crippen LogP contribution is 2.34. The van der Waals surface area contributed by atoms with Crippen LogP contribution in [0.5, 0.6) is 0 Å². The Labute approximate surface area is 127 Å². The lowest BCUT2D eigenvalue weighted by Gasteiger charge is -2.19. The summed E-state index contributed by atoms with van der Waals surface area (Å²) in [6.07, 6.45) is 2.32. The first-order valence-corrected chi connectivity index (χ1v) is 8.92. The zero-order chi connectivity index (χ0) is 15.6. The lowest BCUT2D eigenvalue weighted by atomic mass is 10.4. The third-order valence-corrected chi connectivity index (χ3v) is 6.23. The average molecular weight is 334 g/mol. The number of nitrogens with two attached hydrogens (primary N) is 1. The van der Waals surface area contributed by atoms with Crippen molar-refractivity contribution in [2.45, 2.75) is 30.0 Å². The molecule has 1 aromatic heterocycles. The Morgan fingerprint density at radius 2 is 2.24 bits per heavy atom. The lowest BCUT2D eigenvalue weighted by molar-refractivity contribution is -0.383. The smallest absolute Gasteiger partial charge is 0.304 e. The van der Waals surface area contributed by atoms with E-state index in [0.29, 0.717) is 23.9 Å². The fourth-order valence-electron chi connectivity index (χ4n) is 2.08. The number of anilines is 1. The van der Waals surface area contributed by atoms with Gasteiger partial charge in [-0.15, -0.1) is 0 Å². The first-order valence-electron chi connectivity index (χ1n) is 6.62. The van der Waals surface area contributed by atoms with Gasteiger partial charge in [-0.2, -0.15) is 0 Å². The van der Waals surface area contributed by atoms with Crippen LogP contribution in [-0.2, 0) is 10.0 Å². The third kappa shape index (κ3) is 3.90. The number of thiophene rings is 1. The predicted octanol–water partition coefficient (Wildman–Crippen LogP) is 1.00. The van der Waals surface area contributed by atoms with Crippen molar-refractivity contribution in [3.63, 3.8) is 0 Å². The van der Waals surface area contributed by atoms with Gasteiger partial charge in [0.2, 0.25) is 10.0 Å². The van der Waals surface area contributed by atoms with Crippen LogP contribution in [0.2, 0.25) is 0 Å². The van der Waals surface area contributed by atoms with Crippen LogP contribution in [0.1, 0.15) is 19.8 Å². The van der Waals surface area contributed by atoms with Gasteiger partial charge >= 0.3 is 5.69 Å². The summed E-state index contributed by atoms with van der Waals surface area (Å²) in [5.41, 5.74) is 5.09. The lowest BCUT2D eigenvalue weighted by Crippen LogP contribution is -2.35. The molecule has 0 bridgehead atoms. The van der Waals surface area contributed by atoms with Crippen molar-refractivity contribution in [2.75, 3.05) is 25.4 Å². The Balaban J connectivity index is 1.98. The van der Waals surface area contributed by atoms with Gasteiger partial charge in [0.15, 0.2) is 5.00 Å². The first kappa shape index (κ1) is 16.1. The summed E-state index contributed by atoms with van der Waals surface area (Å²) in [7, 11) is -3.75. The second-order valence-electron chi connectivity index (χ2n) is 4.83. The number of likely N-dealkylation sites (N-methyl/N-ethyl adjacent to an activating group) is 1. The van der Waals surface area contributed by atoms with E-state index in [-0.39, 0.29) is 21.4 Å². The summed E-state index contributed by atoms with van der Waals surface area (Å²) < 4.78 is 26.5. The molecule has 3 N–H and O–H groups in total. The van der Waals surface area contributed by atoms with Crippen molar-refractivity contribution in [1.29, 1.82) is 0 Å². The first-order chi connectivity index (χ1) is 9.85. The molecule has 21 heavy (non-hydrogen) atoms. The van der Waals surface area contributed by atoms with Crippen LogP contribution in [0.4, 0.5) is 10.7 Å². The van der Waals surface area contributed by atoms with E-state index in [4.69, 9.17) is 5.73 Å². The molecule has 8 nitrogen and oxygen atoms in total. The highest BCUT2D eigenvalue weighted by atomic mass is 32.2. The summed E-state index contributed by atoms with van der Waals surface area (Å²) in [4.78, 5) is 12.2. The van der Waals surface area contributed by atoms with E-state index >= 15 is 0 Å². The van der Waals surface area contributed by atoms with E-state index in [9.17, 15) is 18.5 Å². The number of hydrogen-bond acceptors (Lipinski definition) is 7. The minimum Gasteiger partial charge on any atom is -0.385 e. The maximum absolute atomic E-state index is 12.1. The number of sulfonamides is 1. The van der Waals surface area contributed by atoms with E-state index in [1.807, 2.05) is 6.92 Å². The Morgan fingerprint density at radius 3 is 2.71 bits per heavy atom. The molecule has 1 saturated carbocycles. The number of rotatable bonds is 8. The molecule has 1 aliphatic carbocycles. The topological polar surface area (TPSA) is 119 Å². The average Bonchev–Trinajstić information content (AvgIpc) is 3.16. The van der Waals surface area contributed by atoms with Gasteiger partial charge in [-0.05, 0) is 19.4 Å². The van der Waals surface area contributed by atoms with Crippen molar-refractivity contribution in [1.82, 2.24) is 9.62 Å². The van der Waals surface area contributed by atoms with Crippen molar-refractivity contribution < 1.29 is 13.3 Å². The molecule has 0 unspecified atom stereocenters. The Hall–Kier alpha value is -1.23. The van der Waals surface area contributed by atoms with Crippen LogP contribution >= 0.6 is 11.3 Å². The number of nitro groups is 1. The van der Waals surface area contributed by atoms with Gasteiger partial charge in [-0.25, -0.2) is 13.1 Å². The van der Waals surface area contributed by atoms with E-state index in [1.165, 1.54) is 0 Å². The van der Waals surface area contributed by atoms with Gasteiger partial charge in [0.25, 0.3) is 0 Å². The van der Waals surface area contributed by atoms with E-state index in [2.05, 4.69) is 9.62 Å². The SMILES string of the molecule is CCN(CCNS(=O)(=O)c1cc([N+](=O)[O-])c(N)s1)C1CC1. The predicted molar refractivity (Wildman–Crippen MR) is 80.8 cm³/mol. The van der Waals surface area contributed by atoms with E-state index < -0.39 is 14.9 Å². The fourth-order valence-corrected chi connectivity index (χ4v) is 4.36. The minimum atomic E-state index is -3.75. The fraction of sp³-hybridized carbons (Fsp3) is 0.636. The van der Waals surface area contributed by atoms with Crippen LogP contribution in [0, 0.1) is 10.1 Å². The maximum atomic E-state index is 12.1. The second kappa shape index (κ2) is 6.26. The van der Waals surface area contributed by atoms with E-state index in [0.717, 1.165) is 25.5 Å². The highest BCUT2D eigenvalue weighted by Gasteiger charge is 2.28. The van der Waals surface area contributed by atoms with Gasteiger partial charge in [0, 0.05) is 25.2 Å². The number of nitrogens with one attached hydrogen (secondary N) is 1. The molecule has 10 heteroatoms. The molecular weight excluding hydrogens is 316 g/mol. The molecule has 0 saturated heterocycles. The standard InChI is InChI=1S/C11H18N4O4S2/c1-2-14(8-3-4-8)6-5-13-21(18,19)10-7-9(15(16)17)11(12)20-10/h7-8,13H,2-6,12H2,1H3. The van der Waals surface area contributed by atoms with Gasteiger partial charge in [0.1, 0.15) is 4.21 Å². The summed E-state index contributed by atoms with van der Waals surface area (Å²) in [5.74, 6) is 0. The van der Waals surface area contributed by atoms with Crippen LogP contribution in [-0.4, -0.2) is 43.9 Å². The number of hydrogen-bond donors (Lipinski definition) is 2. The van der Waals surface area contributed by atoms with Gasteiger partial charge in [-0.3, -0.25) is 15.0 Å². The van der Waals surface area contributed by atoms with E-state index in [1.54, 1.807) is 0 Å². The molecule has 0 atom stereocenters. The van der Waals surface area contributed by atoms with Crippen LogP contribution < -0.4 is 10.5 Å². The van der Waals surface area contributed by atoms with Gasteiger partial charge in [0.05, 0.1) is 4.92 Å². The summed E-state index contributed by atoms with van der Waals surface area (Å²) >= 11 is 0.705. The molecule has 1 fully saturated rings. The van der Waals surface area contributed by atoms with Crippen LogP contribution in [0.25, 0.3) is 0 Å². The third-order valence-electron chi connectivity index (χ3n) is 3.34. The minimum absolute atomic E-state index is 0.103. The second-order valence-corrected chi connectivity index (χ2v) is 7.91. The Kier molecular flexibility index (Phi) is 4.81. The molecule has 0 amide bonds. The molecule has 0 radical (unpaired) electrons. The largest absolute Gasteiger partial charge is 0.385 e. The zero-order valence-electron chi connectivity index (χ0n) is 11.6. The molecule has 1 aliphatic rings. The molecular formula is C11H18N4O4S2. The zero-order valence-corrected chi connectivity index (χ0v) is 13.2. The van der Waals surface area contributed by atoms with Crippen LogP contribution in [0.3, 0.4) is 0 Å². The summed E-state index contributed by atoms with van der Waals surface area (Å²) in [5, 5.41) is 10.6. The van der Waals surface area contributed by atoms with Crippen LogP contribution in [0.15, 0.2) is 10.3 Å². The summed E-state index contributed by atoms with van der Waals surface area (Å²) in [6, 6.07) is 1.57. The molecule has 1 aromatic rings. The van der Waals surface area contributed by atoms with Gasteiger partial charge in [-0.1, -0.05) is 18.3 Å². The molecule has 118 valence electrons. The normalized spacial score (nSPS) is 15.5. The van der Waals surface area contributed by atoms with Gasteiger partial charge < -0.3 is 5.73 Å². The monoisotopic (exact) mass is 334 g/mol. The van der Waals surface area contributed by atoms with Crippen molar-refractivity contribution in [3.8, 4) is 0 Å². The Bertz CT molecular complexity index is 624. The molecule has 1 heterocycles. The molecule has 0 aromatic carbocycles. The molecule has 0 spiro atoms. The van der Waals surface area contributed by atoms with Crippen molar-refractivity contribution in [2.24, 2.45) is 0 Å². The molecule has 0 aliphatic heterocycles. The number of nitrogens with zero attached hydrogens (tertiary/aromatic N) is 2. The number of nitrogen functional groups attached to an aromatic ring is 1. The van der Waals surface area contributed by atoms with Crippen molar-refractivity contribution in [3.05, 3.63) is 16.2 Å². The highest BCUT2D eigenvalue weighted by molar-refractivity contribution is 7.91. The summed E-state index contributed by atoms with van der Waals surface area (Å²) in [6.45, 7) is 3.82.